The first kappa shape index (κ1) is 20.7. The quantitative estimate of drug-likeness (QED) is 0.496. The van der Waals surface area contributed by atoms with Gasteiger partial charge in [-0.25, -0.2) is 9.59 Å². The Kier molecular flexibility index (Phi) is 8.61. The number of carboxylic acid groups (broad SMARTS) is 1. The summed E-state index contributed by atoms with van der Waals surface area (Å²) in [5, 5.41) is 17.6. The van der Waals surface area contributed by atoms with Crippen LogP contribution in [0.3, 0.4) is 0 Å². The van der Waals surface area contributed by atoms with E-state index < -0.39 is 12.0 Å². The van der Waals surface area contributed by atoms with Crippen LogP contribution in [0.1, 0.15) is 50.5 Å². The van der Waals surface area contributed by atoms with E-state index >= 15 is 0 Å². The molecule has 7 nitrogen and oxygen atoms in total. The van der Waals surface area contributed by atoms with E-state index in [0.717, 1.165) is 31.2 Å². The maximum Gasteiger partial charge on any atom is 0.326 e. The predicted molar refractivity (Wildman–Crippen MR) is 102 cm³/mol. The van der Waals surface area contributed by atoms with Crippen LogP contribution in [0.4, 0.5) is 4.79 Å². The molecule has 2 rings (SSSR count). The number of nitrogens with one attached hydrogen (secondary N) is 3. The smallest absolute Gasteiger partial charge is 0.326 e. The van der Waals surface area contributed by atoms with Crippen LogP contribution < -0.4 is 16.0 Å². The van der Waals surface area contributed by atoms with Gasteiger partial charge in [0.2, 0.25) is 5.91 Å². The third kappa shape index (κ3) is 8.11. The van der Waals surface area contributed by atoms with E-state index in [9.17, 15) is 19.5 Å². The molecule has 1 atom stereocenters. The van der Waals surface area contributed by atoms with Gasteiger partial charge in [0.15, 0.2) is 0 Å². The number of carboxylic acids is 1. The van der Waals surface area contributed by atoms with E-state index in [1.54, 1.807) is 0 Å². The lowest BCUT2D eigenvalue weighted by atomic mass is 9.96. The highest BCUT2D eigenvalue weighted by molar-refractivity contribution is 5.83. The third-order valence-electron chi connectivity index (χ3n) is 4.72. The maximum absolute atomic E-state index is 12.0. The number of amides is 3. The summed E-state index contributed by atoms with van der Waals surface area (Å²) in [7, 11) is 0. The summed E-state index contributed by atoms with van der Waals surface area (Å²) in [6.45, 7) is 0.377. The number of benzene rings is 1. The van der Waals surface area contributed by atoms with Crippen molar-refractivity contribution in [2.24, 2.45) is 0 Å². The van der Waals surface area contributed by atoms with Gasteiger partial charge in [-0.15, -0.1) is 0 Å². The van der Waals surface area contributed by atoms with Gasteiger partial charge in [0.25, 0.3) is 0 Å². The van der Waals surface area contributed by atoms with Crippen LogP contribution in [0.15, 0.2) is 30.3 Å². The second-order valence-electron chi connectivity index (χ2n) is 6.99. The van der Waals surface area contributed by atoms with Crippen molar-refractivity contribution in [3.63, 3.8) is 0 Å². The first-order chi connectivity index (χ1) is 13.0. The van der Waals surface area contributed by atoms with Gasteiger partial charge in [-0.3, -0.25) is 4.79 Å². The molecule has 0 spiro atoms. The van der Waals surface area contributed by atoms with Crippen molar-refractivity contribution in [3.05, 3.63) is 35.9 Å². The Balaban J connectivity index is 1.63. The van der Waals surface area contributed by atoms with Crippen molar-refractivity contribution in [1.29, 1.82) is 0 Å². The van der Waals surface area contributed by atoms with Gasteiger partial charge in [0, 0.05) is 25.4 Å². The molecule has 4 N–H and O–H groups in total. The minimum absolute atomic E-state index is 0.169. The summed E-state index contributed by atoms with van der Waals surface area (Å²) >= 11 is 0. The van der Waals surface area contributed by atoms with Crippen molar-refractivity contribution in [3.8, 4) is 0 Å². The lowest BCUT2D eigenvalue weighted by Gasteiger charge is -2.22. The van der Waals surface area contributed by atoms with E-state index in [-0.39, 0.29) is 30.8 Å². The number of carbonyl (C=O) groups excluding carboxylic acids is 2. The van der Waals surface area contributed by atoms with Crippen molar-refractivity contribution < 1.29 is 19.5 Å². The van der Waals surface area contributed by atoms with Gasteiger partial charge in [-0.2, -0.15) is 0 Å². The van der Waals surface area contributed by atoms with E-state index in [4.69, 9.17) is 0 Å². The second kappa shape index (κ2) is 11.2. The minimum Gasteiger partial charge on any atom is -0.480 e. The molecule has 0 radical (unpaired) electrons. The summed E-state index contributed by atoms with van der Waals surface area (Å²) in [4.78, 5) is 35.2. The van der Waals surface area contributed by atoms with Crippen molar-refractivity contribution in [1.82, 2.24) is 16.0 Å². The fraction of sp³-hybridized carbons (Fsp3) is 0.550. The molecule has 7 heteroatoms. The molecule has 1 aromatic rings. The molecule has 148 valence electrons. The van der Waals surface area contributed by atoms with Gasteiger partial charge in [0.05, 0.1) is 0 Å². The Hall–Kier alpha value is -2.57. The van der Waals surface area contributed by atoms with Crippen LogP contribution in [-0.2, 0) is 16.0 Å². The van der Waals surface area contributed by atoms with Crippen LogP contribution in [0.25, 0.3) is 0 Å². The molecule has 0 saturated heterocycles. The molecule has 0 aromatic heterocycles. The van der Waals surface area contributed by atoms with E-state index in [1.807, 2.05) is 30.3 Å². The Bertz CT molecular complexity index is 615. The molecule has 1 aromatic carbocycles. The van der Waals surface area contributed by atoms with Gasteiger partial charge in [-0.1, -0.05) is 49.6 Å². The zero-order chi connectivity index (χ0) is 19.5. The third-order valence-corrected chi connectivity index (χ3v) is 4.72. The molecular weight excluding hydrogens is 346 g/mol. The standard InChI is InChI=1S/C20H29N3O4/c24-18(23-17(19(25)26)14-15-8-3-1-4-9-15)12-7-13-21-20(27)22-16-10-5-2-6-11-16/h1,3-4,8-9,16-17H,2,5-7,10-14H2,(H,23,24)(H,25,26)(H2,21,22,27)/t17-/m1/s1. The Morgan fingerprint density at radius 1 is 1.07 bits per heavy atom. The topological polar surface area (TPSA) is 108 Å². The molecule has 0 bridgehead atoms. The Morgan fingerprint density at radius 2 is 1.78 bits per heavy atom. The van der Waals surface area contributed by atoms with E-state index in [0.29, 0.717) is 13.0 Å². The summed E-state index contributed by atoms with van der Waals surface area (Å²) in [6, 6.07) is 8.28. The molecule has 3 amide bonds. The van der Waals surface area contributed by atoms with Crippen molar-refractivity contribution in [2.75, 3.05) is 6.54 Å². The van der Waals surface area contributed by atoms with Crippen LogP contribution >= 0.6 is 0 Å². The number of aliphatic carboxylic acids is 1. The van der Waals surface area contributed by atoms with Crippen molar-refractivity contribution >= 4 is 17.9 Å². The van der Waals surface area contributed by atoms with Gasteiger partial charge in [-0.05, 0) is 24.8 Å². The van der Waals surface area contributed by atoms with Crippen LogP contribution in [0.2, 0.25) is 0 Å². The summed E-state index contributed by atoms with van der Waals surface area (Å²) in [5.74, 6) is -1.38. The molecule has 27 heavy (non-hydrogen) atoms. The van der Waals surface area contributed by atoms with Crippen LogP contribution in [-0.4, -0.2) is 41.6 Å². The molecule has 0 unspecified atom stereocenters. The highest BCUT2D eigenvalue weighted by Gasteiger charge is 2.20. The van der Waals surface area contributed by atoms with Crippen LogP contribution in [0, 0.1) is 0 Å². The molecule has 1 aliphatic rings. The number of carbonyl (C=O) groups is 3. The first-order valence-electron chi connectivity index (χ1n) is 9.65. The summed E-state index contributed by atoms with van der Waals surface area (Å²) < 4.78 is 0. The first-order valence-corrected chi connectivity index (χ1v) is 9.65. The molecular formula is C20H29N3O4. The number of hydrogen-bond donors (Lipinski definition) is 4. The Labute approximate surface area is 159 Å². The Morgan fingerprint density at radius 3 is 2.44 bits per heavy atom. The molecule has 1 fully saturated rings. The zero-order valence-electron chi connectivity index (χ0n) is 15.6. The number of urea groups is 1. The summed E-state index contributed by atoms with van der Waals surface area (Å²) in [5.41, 5.74) is 0.853. The largest absolute Gasteiger partial charge is 0.480 e. The monoisotopic (exact) mass is 375 g/mol. The average molecular weight is 375 g/mol. The van der Waals surface area contributed by atoms with Gasteiger partial charge in [0.1, 0.15) is 6.04 Å². The van der Waals surface area contributed by atoms with E-state index in [2.05, 4.69) is 16.0 Å². The van der Waals surface area contributed by atoms with Crippen LogP contribution in [0.5, 0.6) is 0 Å². The molecule has 0 aliphatic heterocycles. The van der Waals surface area contributed by atoms with Gasteiger partial charge < -0.3 is 21.1 Å². The maximum atomic E-state index is 12.0. The van der Waals surface area contributed by atoms with Crippen molar-refractivity contribution in [2.45, 2.75) is 63.5 Å². The molecule has 1 aliphatic carbocycles. The minimum atomic E-state index is -1.06. The lowest BCUT2D eigenvalue weighted by Crippen LogP contribution is -2.44. The number of hydrogen-bond acceptors (Lipinski definition) is 3. The normalized spacial score (nSPS) is 15.6. The molecule has 0 heterocycles. The average Bonchev–Trinajstić information content (AvgIpc) is 2.66. The fourth-order valence-electron chi connectivity index (χ4n) is 3.25. The summed E-state index contributed by atoms with van der Waals surface area (Å²) in [6.07, 6.45) is 6.45. The van der Waals surface area contributed by atoms with Gasteiger partial charge >= 0.3 is 12.0 Å². The number of rotatable bonds is 9. The highest BCUT2D eigenvalue weighted by atomic mass is 16.4. The highest BCUT2D eigenvalue weighted by Crippen LogP contribution is 2.17. The zero-order valence-corrected chi connectivity index (χ0v) is 15.6. The predicted octanol–water partition coefficient (Wildman–Crippen LogP) is 2.21. The second-order valence-corrected chi connectivity index (χ2v) is 6.99. The molecule has 1 saturated carbocycles. The lowest BCUT2D eigenvalue weighted by molar-refractivity contribution is -0.141. The van der Waals surface area contributed by atoms with E-state index in [1.165, 1.54) is 6.42 Å². The fourth-order valence-corrected chi connectivity index (χ4v) is 3.25. The SMILES string of the molecule is O=C(CCCNC(=O)NC1CCCCC1)N[C@H](Cc1ccccc1)C(=O)O.